The molecule has 1 saturated heterocycles. The van der Waals surface area contributed by atoms with E-state index < -0.39 is 0 Å². The summed E-state index contributed by atoms with van der Waals surface area (Å²) in [5, 5.41) is 4.88. The number of halogens is 1. The van der Waals surface area contributed by atoms with Gasteiger partial charge >= 0.3 is 0 Å². The first kappa shape index (κ1) is 18.4. The number of hydrogen-bond acceptors (Lipinski definition) is 5. The average molecular weight is 397 g/mol. The summed E-state index contributed by atoms with van der Waals surface area (Å²) in [6, 6.07) is 11.3. The van der Waals surface area contributed by atoms with E-state index in [1.807, 2.05) is 54.4 Å². The van der Waals surface area contributed by atoms with Crippen LogP contribution in [0.15, 0.2) is 48.8 Å². The highest BCUT2D eigenvalue weighted by atomic mass is 35.5. The number of rotatable bonds is 4. The summed E-state index contributed by atoms with van der Waals surface area (Å²) in [6.07, 6.45) is 3.91. The highest BCUT2D eigenvalue weighted by Crippen LogP contribution is 2.19. The van der Waals surface area contributed by atoms with E-state index in [1.54, 1.807) is 10.9 Å². The number of amides is 1. The van der Waals surface area contributed by atoms with Gasteiger partial charge in [-0.2, -0.15) is 5.10 Å². The molecule has 0 spiro atoms. The fourth-order valence-corrected chi connectivity index (χ4v) is 3.52. The molecule has 0 aliphatic carbocycles. The number of carbonyl (C=O) groups excluding carboxylic acids is 1. The maximum absolute atomic E-state index is 12.6. The van der Waals surface area contributed by atoms with Crippen molar-refractivity contribution in [3.05, 3.63) is 65.2 Å². The first-order valence-corrected chi connectivity index (χ1v) is 9.60. The Morgan fingerprint density at radius 3 is 2.54 bits per heavy atom. The smallest absolute Gasteiger partial charge is 0.227 e. The molecule has 0 unspecified atom stereocenters. The number of hydrogen-bond donors (Lipinski definition) is 0. The summed E-state index contributed by atoms with van der Waals surface area (Å²) in [4.78, 5) is 25.7. The van der Waals surface area contributed by atoms with Crippen molar-refractivity contribution >= 4 is 23.3 Å². The first-order valence-electron chi connectivity index (χ1n) is 9.22. The number of nitrogens with zero attached hydrogens (tertiary/aromatic N) is 6. The van der Waals surface area contributed by atoms with E-state index >= 15 is 0 Å². The summed E-state index contributed by atoms with van der Waals surface area (Å²) < 4.78 is 1.72. The fraction of sp³-hybridized carbons (Fsp3) is 0.300. The minimum absolute atomic E-state index is 0.101. The normalized spacial score (nSPS) is 14.4. The molecule has 0 atom stereocenters. The monoisotopic (exact) mass is 396 g/mol. The third kappa shape index (κ3) is 3.99. The number of aromatic nitrogens is 4. The lowest BCUT2D eigenvalue weighted by Gasteiger charge is -2.35. The Balaban J connectivity index is 1.42. The Bertz CT molecular complexity index is 967. The number of carbonyl (C=O) groups is 1. The molecule has 8 heteroatoms. The molecule has 1 aliphatic heterocycles. The second-order valence-corrected chi connectivity index (χ2v) is 7.13. The summed E-state index contributed by atoms with van der Waals surface area (Å²) in [5.41, 5.74) is 0.867. The molecule has 1 fully saturated rings. The predicted molar refractivity (Wildman–Crippen MR) is 108 cm³/mol. The topological polar surface area (TPSA) is 67.2 Å². The van der Waals surface area contributed by atoms with Crippen LogP contribution in [0.4, 0.5) is 5.82 Å². The Hall–Kier alpha value is -2.93. The van der Waals surface area contributed by atoms with Crippen molar-refractivity contribution in [3.63, 3.8) is 0 Å². The van der Waals surface area contributed by atoms with E-state index in [2.05, 4.69) is 20.0 Å². The minimum atomic E-state index is 0.101. The van der Waals surface area contributed by atoms with Crippen LogP contribution in [0.2, 0.25) is 5.02 Å². The summed E-state index contributed by atoms with van der Waals surface area (Å²) >= 11 is 6.18. The third-order valence-electron chi connectivity index (χ3n) is 4.81. The molecule has 3 heterocycles. The van der Waals surface area contributed by atoms with Gasteiger partial charge in [-0.15, -0.1) is 0 Å². The number of piperazine rings is 1. The lowest BCUT2D eigenvalue weighted by atomic mass is 10.1. The quantitative estimate of drug-likeness (QED) is 0.677. The van der Waals surface area contributed by atoms with Gasteiger partial charge in [0.15, 0.2) is 5.82 Å². The van der Waals surface area contributed by atoms with Crippen molar-refractivity contribution in [3.8, 4) is 5.82 Å². The zero-order valence-corrected chi connectivity index (χ0v) is 16.4. The van der Waals surface area contributed by atoms with Crippen LogP contribution in [0.1, 0.15) is 11.4 Å². The van der Waals surface area contributed by atoms with Crippen LogP contribution in [0, 0.1) is 6.92 Å². The van der Waals surface area contributed by atoms with Gasteiger partial charge in [0, 0.05) is 49.7 Å². The summed E-state index contributed by atoms with van der Waals surface area (Å²) in [5.74, 6) is 2.39. The molecule has 1 aromatic carbocycles. The molecular formula is C20H21ClN6O. The second-order valence-electron chi connectivity index (χ2n) is 6.72. The lowest BCUT2D eigenvalue weighted by Crippen LogP contribution is -2.49. The van der Waals surface area contributed by atoms with Crippen molar-refractivity contribution in [1.29, 1.82) is 0 Å². The van der Waals surface area contributed by atoms with Gasteiger partial charge < -0.3 is 9.80 Å². The van der Waals surface area contributed by atoms with E-state index in [9.17, 15) is 4.79 Å². The SMILES string of the molecule is Cc1nc(N2CCN(C(=O)Cc3ccccc3Cl)CC2)cc(-n2cccn2)n1. The standard InChI is InChI=1S/C20H21ClN6O/c1-15-23-18(14-19(24-15)27-8-4-7-22-27)25-9-11-26(12-10-25)20(28)13-16-5-2-3-6-17(16)21/h2-8,14H,9-13H2,1H3. The van der Waals surface area contributed by atoms with Gasteiger partial charge in [-0.3, -0.25) is 4.79 Å². The zero-order valence-electron chi connectivity index (χ0n) is 15.6. The van der Waals surface area contributed by atoms with Crippen molar-refractivity contribution in [2.75, 3.05) is 31.1 Å². The number of aryl methyl sites for hydroxylation is 1. The highest BCUT2D eigenvalue weighted by Gasteiger charge is 2.23. The Morgan fingerprint density at radius 1 is 1.07 bits per heavy atom. The Labute approximate surface area is 168 Å². The molecule has 0 radical (unpaired) electrons. The van der Waals surface area contributed by atoms with Crippen molar-refractivity contribution in [2.45, 2.75) is 13.3 Å². The third-order valence-corrected chi connectivity index (χ3v) is 5.17. The van der Waals surface area contributed by atoms with E-state index in [1.165, 1.54) is 0 Å². The molecule has 2 aromatic heterocycles. The van der Waals surface area contributed by atoms with Crippen molar-refractivity contribution in [1.82, 2.24) is 24.6 Å². The molecule has 1 aliphatic rings. The maximum atomic E-state index is 12.6. The molecule has 28 heavy (non-hydrogen) atoms. The highest BCUT2D eigenvalue weighted by molar-refractivity contribution is 6.31. The second kappa shape index (κ2) is 7.98. The van der Waals surface area contributed by atoms with E-state index in [0.29, 0.717) is 30.4 Å². The van der Waals surface area contributed by atoms with Gasteiger partial charge in [-0.1, -0.05) is 29.8 Å². The Morgan fingerprint density at radius 2 is 1.82 bits per heavy atom. The first-order chi connectivity index (χ1) is 13.6. The molecule has 3 aromatic rings. The van der Waals surface area contributed by atoms with Crippen LogP contribution in [0.3, 0.4) is 0 Å². The molecule has 0 N–H and O–H groups in total. The van der Waals surface area contributed by atoms with E-state index in [4.69, 9.17) is 11.6 Å². The zero-order chi connectivity index (χ0) is 19.5. The van der Waals surface area contributed by atoms with Crippen LogP contribution in [-0.2, 0) is 11.2 Å². The predicted octanol–water partition coefficient (Wildman–Crippen LogP) is 2.52. The maximum Gasteiger partial charge on any atom is 0.227 e. The van der Waals surface area contributed by atoms with Gasteiger partial charge in [0.1, 0.15) is 11.6 Å². The van der Waals surface area contributed by atoms with Crippen molar-refractivity contribution in [2.24, 2.45) is 0 Å². The van der Waals surface area contributed by atoms with E-state index in [0.717, 1.165) is 30.3 Å². The van der Waals surface area contributed by atoms with Gasteiger partial charge in [0.05, 0.1) is 6.42 Å². The van der Waals surface area contributed by atoms with Crippen LogP contribution in [0.25, 0.3) is 5.82 Å². The average Bonchev–Trinajstić information content (AvgIpc) is 3.24. The molecule has 0 saturated carbocycles. The Kier molecular flexibility index (Phi) is 5.25. The molecule has 4 rings (SSSR count). The van der Waals surface area contributed by atoms with Crippen LogP contribution in [-0.4, -0.2) is 56.7 Å². The lowest BCUT2D eigenvalue weighted by molar-refractivity contribution is -0.130. The molecule has 1 amide bonds. The van der Waals surface area contributed by atoms with Gasteiger partial charge in [-0.05, 0) is 24.6 Å². The van der Waals surface area contributed by atoms with Crippen LogP contribution < -0.4 is 4.90 Å². The van der Waals surface area contributed by atoms with Gasteiger partial charge in [-0.25, -0.2) is 14.6 Å². The molecule has 144 valence electrons. The van der Waals surface area contributed by atoms with Crippen molar-refractivity contribution < 1.29 is 4.79 Å². The van der Waals surface area contributed by atoms with Gasteiger partial charge in [0.2, 0.25) is 5.91 Å². The van der Waals surface area contributed by atoms with E-state index in [-0.39, 0.29) is 5.91 Å². The van der Waals surface area contributed by atoms with Crippen LogP contribution in [0.5, 0.6) is 0 Å². The largest absolute Gasteiger partial charge is 0.353 e. The molecular weight excluding hydrogens is 376 g/mol. The summed E-state index contributed by atoms with van der Waals surface area (Å²) in [6.45, 7) is 4.64. The minimum Gasteiger partial charge on any atom is -0.353 e. The van der Waals surface area contributed by atoms with Crippen LogP contribution >= 0.6 is 11.6 Å². The number of anilines is 1. The van der Waals surface area contributed by atoms with Gasteiger partial charge in [0.25, 0.3) is 0 Å². The number of benzene rings is 1. The molecule has 0 bridgehead atoms. The fourth-order valence-electron chi connectivity index (χ4n) is 3.32. The molecule has 7 nitrogen and oxygen atoms in total. The summed E-state index contributed by atoms with van der Waals surface area (Å²) in [7, 11) is 0.